The van der Waals surface area contributed by atoms with Gasteiger partial charge in [0.15, 0.2) is 0 Å². The number of hydrogen-bond donors (Lipinski definition) is 1. The third-order valence-electron chi connectivity index (χ3n) is 4.70. The van der Waals surface area contributed by atoms with Crippen molar-refractivity contribution in [1.29, 1.82) is 0 Å². The van der Waals surface area contributed by atoms with Crippen molar-refractivity contribution < 1.29 is 4.79 Å². The number of carbonyl (C=O) groups is 1. The van der Waals surface area contributed by atoms with Gasteiger partial charge in [-0.2, -0.15) is 5.10 Å². The van der Waals surface area contributed by atoms with Crippen LogP contribution in [0.3, 0.4) is 0 Å². The molecule has 1 aromatic carbocycles. The minimum atomic E-state index is 0.0163. The third kappa shape index (κ3) is 2.75. The van der Waals surface area contributed by atoms with Crippen LogP contribution in [-0.4, -0.2) is 26.7 Å². The van der Waals surface area contributed by atoms with Crippen LogP contribution in [0.4, 0.5) is 0 Å². The molecule has 0 bridgehead atoms. The van der Waals surface area contributed by atoms with Gasteiger partial charge < -0.3 is 5.32 Å². The molecule has 3 rings (SSSR count). The van der Waals surface area contributed by atoms with Gasteiger partial charge in [-0.3, -0.25) is 4.79 Å². The summed E-state index contributed by atoms with van der Waals surface area (Å²) in [5.41, 5.74) is 2.77. The summed E-state index contributed by atoms with van der Waals surface area (Å²) in [7, 11) is 0. The van der Waals surface area contributed by atoms with E-state index < -0.39 is 0 Å². The van der Waals surface area contributed by atoms with Gasteiger partial charge in [0.1, 0.15) is 12.7 Å². The Labute approximate surface area is 130 Å². The standard InChI is InChI=1S/C17H22N4O/c1-12-9-13(21-11-18-10-19-21)6-7-14(12)16(22)20-15-5-4-8-17(15,2)3/h6-7,9-11,15H,4-5,8H2,1-3H3,(H,20,22). The molecular formula is C17H22N4O. The van der Waals surface area contributed by atoms with E-state index in [1.165, 1.54) is 19.2 Å². The molecular weight excluding hydrogens is 276 g/mol. The molecule has 1 aliphatic carbocycles. The maximum absolute atomic E-state index is 12.6. The van der Waals surface area contributed by atoms with Crippen LogP contribution in [0.15, 0.2) is 30.9 Å². The molecule has 0 aliphatic heterocycles. The smallest absolute Gasteiger partial charge is 0.251 e. The van der Waals surface area contributed by atoms with Crippen LogP contribution < -0.4 is 5.32 Å². The first-order valence-corrected chi connectivity index (χ1v) is 7.74. The van der Waals surface area contributed by atoms with E-state index >= 15 is 0 Å². The highest BCUT2D eigenvalue weighted by atomic mass is 16.1. The van der Waals surface area contributed by atoms with Crippen molar-refractivity contribution in [2.24, 2.45) is 5.41 Å². The van der Waals surface area contributed by atoms with Crippen LogP contribution in [0.5, 0.6) is 0 Å². The van der Waals surface area contributed by atoms with Crippen LogP contribution in [0.2, 0.25) is 0 Å². The molecule has 22 heavy (non-hydrogen) atoms. The van der Waals surface area contributed by atoms with Gasteiger partial charge in [-0.15, -0.1) is 0 Å². The molecule has 0 radical (unpaired) electrons. The Morgan fingerprint density at radius 3 is 2.82 bits per heavy atom. The van der Waals surface area contributed by atoms with Gasteiger partial charge in [0, 0.05) is 11.6 Å². The number of benzene rings is 1. The van der Waals surface area contributed by atoms with E-state index in [-0.39, 0.29) is 17.4 Å². The molecule has 5 nitrogen and oxygen atoms in total. The predicted molar refractivity (Wildman–Crippen MR) is 85.0 cm³/mol. The number of aromatic nitrogens is 3. The molecule has 1 aliphatic rings. The summed E-state index contributed by atoms with van der Waals surface area (Å²) in [6, 6.07) is 5.98. The first-order chi connectivity index (χ1) is 10.5. The minimum absolute atomic E-state index is 0.0163. The highest BCUT2D eigenvalue weighted by Crippen LogP contribution is 2.37. The quantitative estimate of drug-likeness (QED) is 0.948. The largest absolute Gasteiger partial charge is 0.349 e. The maximum Gasteiger partial charge on any atom is 0.251 e. The second-order valence-electron chi connectivity index (χ2n) is 6.75. The van der Waals surface area contributed by atoms with Crippen LogP contribution in [0, 0.1) is 12.3 Å². The Morgan fingerprint density at radius 1 is 1.41 bits per heavy atom. The first-order valence-electron chi connectivity index (χ1n) is 7.74. The van der Waals surface area contributed by atoms with Gasteiger partial charge in [0.25, 0.3) is 5.91 Å². The molecule has 0 saturated heterocycles. The second-order valence-corrected chi connectivity index (χ2v) is 6.75. The van der Waals surface area contributed by atoms with Crippen molar-refractivity contribution in [2.75, 3.05) is 0 Å². The van der Waals surface area contributed by atoms with E-state index in [0.717, 1.165) is 23.2 Å². The van der Waals surface area contributed by atoms with E-state index in [4.69, 9.17) is 0 Å². The Hall–Kier alpha value is -2.17. The number of rotatable bonds is 3. The molecule has 1 fully saturated rings. The van der Waals surface area contributed by atoms with Gasteiger partial charge in [-0.25, -0.2) is 9.67 Å². The third-order valence-corrected chi connectivity index (χ3v) is 4.70. The summed E-state index contributed by atoms with van der Waals surface area (Å²) in [6.07, 6.45) is 6.56. The first kappa shape index (κ1) is 14.8. The lowest BCUT2D eigenvalue weighted by molar-refractivity contribution is 0.0909. The summed E-state index contributed by atoms with van der Waals surface area (Å²) >= 11 is 0. The molecule has 1 heterocycles. The zero-order valence-electron chi connectivity index (χ0n) is 13.3. The minimum Gasteiger partial charge on any atom is -0.349 e. The average molecular weight is 298 g/mol. The highest BCUT2D eigenvalue weighted by Gasteiger charge is 2.35. The van der Waals surface area contributed by atoms with Gasteiger partial charge >= 0.3 is 0 Å². The molecule has 1 amide bonds. The summed E-state index contributed by atoms with van der Waals surface area (Å²) in [4.78, 5) is 16.5. The Bertz CT molecular complexity index is 676. The predicted octanol–water partition coefficient (Wildman–Crippen LogP) is 2.88. The highest BCUT2D eigenvalue weighted by molar-refractivity contribution is 5.96. The normalized spacial score (nSPS) is 20.0. The molecule has 0 spiro atoms. The Morgan fingerprint density at radius 2 is 2.23 bits per heavy atom. The molecule has 1 atom stereocenters. The van der Waals surface area contributed by atoms with E-state index in [9.17, 15) is 4.79 Å². The molecule has 1 N–H and O–H groups in total. The number of amides is 1. The van der Waals surface area contributed by atoms with Gasteiger partial charge in [0.2, 0.25) is 0 Å². The summed E-state index contributed by atoms with van der Waals surface area (Å²) in [5.74, 6) is 0.0163. The maximum atomic E-state index is 12.6. The van der Waals surface area contributed by atoms with Gasteiger partial charge in [0.05, 0.1) is 5.69 Å². The fourth-order valence-electron chi connectivity index (χ4n) is 3.22. The fourth-order valence-corrected chi connectivity index (χ4v) is 3.22. The van der Waals surface area contributed by atoms with Gasteiger partial charge in [-0.05, 0) is 48.9 Å². The summed E-state index contributed by atoms with van der Waals surface area (Å²) < 4.78 is 1.69. The van der Waals surface area contributed by atoms with Crippen LogP contribution in [0.1, 0.15) is 49.0 Å². The van der Waals surface area contributed by atoms with E-state index in [2.05, 4.69) is 29.2 Å². The van der Waals surface area contributed by atoms with E-state index in [1.807, 2.05) is 25.1 Å². The molecule has 1 unspecified atom stereocenters. The number of carbonyl (C=O) groups excluding carboxylic acids is 1. The fraction of sp³-hybridized carbons (Fsp3) is 0.471. The lowest BCUT2D eigenvalue weighted by Crippen LogP contribution is -2.41. The topological polar surface area (TPSA) is 59.8 Å². The van der Waals surface area contributed by atoms with E-state index in [1.54, 1.807) is 11.0 Å². The zero-order valence-corrected chi connectivity index (χ0v) is 13.3. The molecule has 1 aromatic heterocycles. The van der Waals surface area contributed by atoms with Crippen molar-refractivity contribution in [2.45, 2.75) is 46.1 Å². The second kappa shape index (κ2) is 5.55. The van der Waals surface area contributed by atoms with Crippen molar-refractivity contribution >= 4 is 5.91 Å². The summed E-state index contributed by atoms with van der Waals surface area (Å²) in [6.45, 7) is 6.41. The van der Waals surface area contributed by atoms with Crippen molar-refractivity contribution in [1.82, 2.24) is 20.1 Å². The molecule has 5 heteroatoms. The van der Waals surface area contributed by atoms with E-state index in [0.29, 0.717) is 0 Å². The number of nitrogens with one attached hydrogen (secondary N) is 1. The van der Waals surface area contributed by atoms with Crippen LogP contribution in [-0.2, 0) is 0 Å². The Balaban J connectivity index is 1.78. The van der Waals surface area contributed by atoms with Crippen LogP contribution in [0.25, 0.3) is 5.69 Å². The molecule has 116 valence electrons. The van der Waals surface area contributed by atoms with Crippen molar-refractivity contribution in [3.63, 3.8) is 0 Å². The lowest BCUT2D eigenvalue weighted by Gasteiger charge is -2.28. The monoisotopic (exact) mass is 298 g/mol. The van der Waals surface area contributed by atoms with Crippen molar-refractivity contribution in [3.05, 3.63) is 42.0 Å². The number of hydrogen-bond acceptors (Lipinski definition) is 3. The summed E-state index contributed by atoms with van der Waals surface area (Å²) in [5, 5.41) is 7.32. The zero-order chi connectivity index (χ0) is 15.7. The SMILES string of the molecule is Cc1cc(-n2cncn2)ccc1C(=O)NC1CCCC1(C)C. The van der Waals surface area contributed by atoms with Crippen LogP contribution >= 0.6 is 0 Å². The molecule has 2 aromatic rings. The van der Waals surface area contributed by atoms with Crippen molar-refractivity contribution in [3.8, 4) is 5.69 Å². The number of nitrogens with zero attached hydrogens (tertiary/aromatic N) is 3. The average Bonchev–Trinajstić information content (AvgIpc) is 3.09. The van der Waals surface area contributed by atoms with Gasteiger partial charge in [-0.1, -0.05) is 20.3 Å². The lowest BCUT2D eigenvalue weighted by atomic mass is 9.87. The Kier molecular flexibility index (Phi) is 3.72. The molecule has 1 saturated carbocycles. The number of aryl methyl sites for hydroxylation is 1.